The van der Waals surface area contributed by atoms with Gasteiger partial charge < -0.3 is 14.4 Å². The van der Waals surface area contributed by atoms with E-state index in [9.17, 15) is 9.59 Å². The van der Waals surface area contributed by atoms with Crippen LogP contribution in [0.4, 0.5) is 0 Å². The standard InChI is InChI=1S/C11H15NO4/c1-7(16-3)5-12-6-9(8(2)13)4-10(12)11(14)15/h4,6-7H,5H2,1-3H3,(H,14,15). The summed E-state index contributed by atoms with van der Waals surface area (Å²) in [4.78, 5) is 22.1. The minimum Gasteiger partial charge on any atom is -0.477 e. The normalized spacial score (nSPS) is 12.4. The fourth-order valence-electron chi connectivity index (χ4n) is 1.38. The Balaban J connectivity index is 3.05. The number of ketones is 1. The highest BCUT2D eigenvalue weighted by atomic mass is 16.5. The van der Waals surface area contributed by atoms with Crippen LogP contribution in [0.25, 0.3) is 0 Å². The summed E-state index contributed by atoms with van der Waals surface area (Å²) in [6, 6.07) is 1.38. The number of aromatic carboxylic acids is 1. The second kappa shape index (κ2) is 4.94. The monoisotopic (exact) mass is 225 g/mol. The molecule has 0 fully saturated rings. The van der Waals surface area contributed by atoms with Crippen LogP contribution >= 0.6 is 0 Å². The number of aromatic nitrogens is 1. The average molecular weight is 225 g/mol. The van der Waals surface area contributed by atoms with Gasteiger partial charge in [0.2, 0.25) is 0 Å². The number of carboxylic acids is 1. The Morgan fingerprint density at radius 1 is 1.56 bits per heavy atom. The minimum atomic E-state index is -1.05. The first-order valence-electron chi connectivity index (χ1n) is 4.93. The lowest BCUT2D eigenvalue weighted by atomic mass is 10.2. The fourth-order valence-corrected chi connectivity index (χ4v) is 1.38. The summed E-state index contributed by atoms with van der Waals surface area (Å²) in [5.74, 6) is -1.19. The smallest absolute Gasteiger partial charge is 0.352 e. The average Bonchev–Trinajstić information content (AvgIpc) is 2.61. The number of ether oxygens (including phenoxy) is 1. The summed E-state index contributed by atoms with van der Waals surface area (Å²) in [5, 5.41) is 8.97. The summed E-state index contributed by atoms with van der Waals surface area (Å²) < 4.78 is 6.58. The molecule has 1 unspecified atom stereocenters. The van der Waals surface area contributed by atoms with Gasteiger partial charge in [0.1, 0.15) is 5.69 Å². The van der Waals surface area contributed by atoms with Gasteiger partial charge in [0.15, 0.2) is 5.78 Å². The lowest BCUT2D eigenvalue weighted by molar-refractivity contribution is 0.0672. The van der Waals surface area contributed by atoms with Gasteiger partial charge in [-0.25, -0.2) is 4.79 Å². The Bertz CT molecular complexity index is 408. The van der Waals surface area contributed by atoms with Gasteiger partial charge in [-0.15, -0.1) is 0 Å². The molecule has 1 rings (SSSR count). The summed E-state index contributed by atoms with van der Waals surface area (Å²) in [6.45, 7) is 3.65. The molecule has 0 aliphatic rings. The van der Waals surface area contributed by atoms with Crippen LogP contribution < -0.4 is 0 Å². The number of methoxy groups -OCH3 is 1. The molecule has 1 atom stereocenters. The van der Waals surface area contributed by atoms with Gasteiger partial charge in [0, 0.05) is 25.4 Å². The summed E-state index contributed by atoms with van der Waals surface area (Å²) in [5.41, 5.74) is 0.509. The van der Waals surface area contributed by atoms with E-state index in [0.717, 1.165) is 0 Å². The van der Waals surface area contributed by atoms with Gasteiger partial charge in [-0.05, 0) is 19.9 Å². The number of hydrogen-bond donors (Lipinski definition) is 1. The molecule has 0 amide bonds. The lowest BCUT2D eigenvalue weighted by Gasteiger charge is -2.11. The molecule has 1 N–H and O–H groups in total. The van der Waals surface area contributed by atoms with Crippen molar-refractivity contribution in [2.45, 2.75) is 26.5 Å². The van der Waals surface area contributed by atoms with Crippen LogP contribution in [0.5, 0.6) is 0 Å². The maximum atomic E-state index is 11.2. The van der Waals surface area contributed by atoms with Crippen LogP contribution in [0, 0.1) is 0 Å². The van der Waals surface area contributed by atoms with E-state index in [0.29, 0.717) is 12.1 Å². The van der Waals surface area contributed by atoms with Crippen molar-refractivity contribution in [3.05, 3.63) is 23.5 Å². The summed E-state index contributed by atoms with van der Waals surface area (Å²) in [6.07, 6.45) is 1.44. The highest BCUT2D eigenvalue weighted by molar-refractivity contribution is 5.97. The van der Waals surface area contributed by atoms with Gasteiger partial charge in [-0.3, -0.25) is 4.79 Å². The van der Waals surface area contributed by atoms with Crippen molar-refractivity contribution in [3.8, 4) is 0 Å². The van der Waals surface area contributed by atoms with Crippen molar-refractivity contribution >= 4 is 11.8 Å². The molecule has 1 aromatic rings. The predicted octanol–water partition coefficient (Wildman–Crippen LogP) is 1.42. The highest BCUT2D eigenvalue weighted by Gasteiger charge is 2.15. The van der Waals surface area contributed by atoms with Gasteiger partial charge in [0.25, 0.3) is 0 Å². The molecule has 0 saturated carbocycles. The van der Waals surface area contributed by atoms with Crippen molar-refractivity contribution in [1.29, 1.82) is 0 Å². The van der Waals surface area contributed by atoms with E-state index in [1.54, 1.807) is 13.3 Å². The molecule has 88 valence electrons. The Hall–Kier alpha value is -1.62. The topological polar surface area (TPSA) is 68.5 Å². The Morgan fingerprint density at radius 3 is 2.62 bits per heavy atom. The molecule has 1 heterocycles. The van der Waals surface area contributed by atoms with Crippen LogP contribution in [0.15, 0.2) is 12.3 Å². The van der Waals surface area contributed by atoms with Gasteiger partial charge in [-0.1, -0.05) is 0 Å². The van der Waals surface area contributed by atoms with E-state index < -0.39 is 5.97 Å². The third kappa shape index (κ3) is 2.70. The van der Waals surface area contributed by atoms with Crippen LogP contribution in [0.1, 0.15) is 34.7 Å². The van der Waals surface area contributed by atoms with Crippen molar-refractivity contribution in [2.24, 2.45) is 0 Å². The first-order valence-corrected chi connectivity index (χ1v) is 4.93. The third-order valence-corrected chi connectivity index (χ3v) is 2.38. The van der Waals surface area contributed by atoms with E-state index in [1.165, 1.54) is 17.6 Å². The maximum absolute atomic E-state index is 11.2. The van der Waals surface area contributed by atoms with Crippen LogP contribution in [-0.4, -0.2) is 34.6 Å². The van der Waals surface area contributed by atoms with Crippen molar-refractivity contribution in [1.82, 2.24) is 4.57 Å². The zero-order valence-corrected chi connectivity index (χ0v) is 9.56. The van der Waals surface area contributed by atoms with Crippen LogP contribution in [-0.2, 0) is 11.3 Å². The molecule has 0 aliphatic carbocycles. The van der Waals surface area contributed by atoms with Crippen molar-refractivity contribution in [3.63, 3.8) is 0 Å². The molecule has 0 bridgehead atoms. The third-order valence-electron chi connectivity index (χ3n) is 2.38. The van der Waals surface area contributed by atoms with Crippen molar-refractivity contribution in [2.75, 3.05) is 7.11 Å². The first-order chi connectivity index (χ1) is 7.45. The number of hydrogen-bond acceptors (Lipinski definition) is 3. The van der Waals surface area contributed by atoms with Crippen molar-refractivity contribution < 1.29 is 19.4 Å². The number of nitrogens with zero attached hydrogens (tertiary/aromatic N) is 1. The molecule has 0 aromatic carbocycles. The van der Waals surface area contributed by atoms with E-state index in [2.05, 4.69) is 0 Å². The molecule has 5 nitrogen and oxygen atoms in total. The molecule has 5 heteroatoms. The van der Waals surface area contributed by atoms with Gasteiger partial charge >= 0.3 is 5.97 Å². The molecule has 0 spiro atoms. The van der Waals surface area contributed by atoms with Crippen LogP contribution in [0.3, 0.4) is 0 Å². The van der Waals surface area contributed by atoms with E-state index >= 15 is 0 Å². The van der Waals surface area contributed by atoms with E-state index in [1.807, 2.05) is 6.92 Å². The molecule has 0 aliphatic heterocycles. The van der Waals surface area contributed by atoms with Gasteiger partial charge in [-0.2, -0.15) is 0 Å². The molecule has 0 saturated heterocycles. The van der Waals surface area contributed by atoms with E-state index in [4.69, 9.17) is 9.84 Å². The highest BCUT2D eigenvalue weighted by Crippen LogP contribution is 2.11. The zero-order chi connectivity index (χ0) is 12.3. The number of rotatable bonds is 5. The largest absolute Gasteiger partial charge is 0.477 e. The Labute approximate surface area is 93.6 Å². The Kier molecular flexibility index (Phi) is 3.84. The summed E-state index contributed by atoms with van der Waals surface area (Å²) in [7, 11) is 1.56. The minimum absolute atomic E-state index is 0.106. The molecular formula is C11H15NO4. The van der Waals surface area contributed by atoms with Crippen LogP contribution in [0.2, 0.25) is 0 Å². The lowest BCUT2D eigenvalue weighted by Crippen LogP contribution is -2.17. The molecule has 0 radical (unpaired) electrons. The van der Waals surface area contributed by atoms with E-state index in [-0.39, 0.29) is 17.6 Å². The maximum Gasteiger partial charge on any atom is 0.352 e. The Morgan fingerprint density at radius 2 is 2.19 bits per heavy atom. The quantitative estimate of drug-likeness (QED) is 0.769. The molecule has 1 aromatic heterocycles. The zero-order valence-electron chi connectivity index (χ0n) is 9.56. The molecular weight excluding hydrogens is 210 g/mol. The summed E-state index contributed by atoms with van der Waals surface area (Å²) >= 11 is 0. The second-order valence-electron chi connectivity index (χ2n) is 3.67. The number of Topliss-reactive ketones (excluding diaryl/α,β-unsaturated/α-hetero) is 1. The number of carboxylic acid groups (broad SMARTS) is 1. The molecule has 16 heavy (non-hydrogen) atoms. The number of carbonyl (C=O) groups excluding carboxylic acids is 1. The van der Waals surface area contributed by atoms with Gasteiger partial charge in [0.05, 0.1) is 6.10 Å². The SMILES string of the molecule is COC(C)Cn1cc(C(C)=O)cc1C(=O)O. The second-order valence-corrected chi connectivity index (χ2v) is 3.67. The predicted molar refractivity (Wildman–Crippen MR) is 57.9 cm³/mol. The fraction of sp³-hybridized carbons (Fsp3) is 0.455. The first kappa shape index (κ1) is 12.4. The number of carbonyl (C=O) groups is 2.